The summed E-state index contributed by atoms with van der Waals surface area (Å²) in [5.41, 5.74) is 0. The molecule has 17 nitrogen and oxygen atoms in total. The Morgan fingerprint density at radius 2 is 0.412 bits per heavy atom. The number of carbonyl (C=O) groups excluding carboxylic acids is 4. The number of hydrogen-bond donors (Lipinski definition) is 3. The summed E-state index contributed by atoms with van der Waals surface area (Å²) in [6.45, 7) is 4.91. The van der Waals surface area contributed by atoms with E-state index in [1.165, 1.54) is 244 Å². The number of ether oxygens (including phenoxy) is 4. The van der Waals surface area contributed by atoms with Gasteiger partial charge in [0.2, 0.25) is 0 Å². The number of aliphatic hydroxyl groups excluding tert-OH is 1. The first kappa shape index (κ1) is 95.1. The number of esters is 4. The van der Waals surface area contributed by atoms with Crippen molar-refractivity contribution < 1.29 is 80.2 Å². The van der Waals surface area contributed by atoms with Gasteiger partial charge in [-0.1, -0.05) is 368 Å². The molecule has 576 valence electrons. The molecule has 0 radical (unpaired) electrons. The lowest BCUT2D eigenvalue weighted by atomic mass is 10.0. The van der Waals surface area contributed by atoms with E-state index < -0.39 is 97.5 Å². The van der Waals surface area contributed by atoms with Crippen LogP contribution in [0.25, 0.3) is 0 Å². The van der Waals surface area contributed by atoms with Gasteiger partial charge in [0, 0.05) is 25.7 Å². The van der Waals surface area contributed by atoms with Gasteiger partial charge < -0.3 is 33.8 Å². The van der Waals surface area contributed by atoms with Crippen molar-refractivity contribution in [3.63, 3.8) is 0 Å². The smallest absolute Gasteiger partial charge is 0.462 e. The van der Waals surface area contributed by atoms with Gasteiger partial charge in [0.15, 0.2) is 12.2 Å². The summed E-state index contributed by atoms with van der Waals surface area (Å²) in [5, 5.41) is 10.6. The highest BCUT2D eigenvalue weighted by molar-refractivity contribution is 7.47. The zero-order valence-electron chi connectivity index (χ0n) is 63.1. The first-order valence-electron chi connectivity index (χ1n) is 40.8. The standard InChI is InChI=1S/C78H152O17P2/c1-5-9-13-17-20-23-26-29-31-33-35-37-39-41-44-47-50-53-57-61-65-78(83)95-74(69-89-76(81)63-59-55-51-48-45-43-40-38-36-34-32-30-27-24-21-18-14-10-6-2)71-93-97(86,87)91-67-72(79)66-90-96(84,85)92-70-73(68-88-75(80)62-58-54-16-12-8-4)94-77(82)64-60-56-52-49-46-42-28-25-22-19-15-11-7-3/h72-74,79H,5-71H2,1-4H3,(H,84,85)(H,86,87)/t72-,73+,74+/m0/s1. The second-order valence-electron chi connectivity index (χ2n) is 28.1. The van der Waals surface area contributed by atoms with Gasteiger partial charge in [-0.3, -0.25) is 37.3 Å². The number of aliphatic hydroxyl groups is 1. The molecule has 0 bridgehead atoms. The highest BCUT2D eigenvalue weighted by Gasteiger charge is 2.30. The lowest BCUT2D eigenvalue weighted by molar-refractivity contribution is -0.161. The molecule has 5 atom stereocenters. The van der Waals surface area contributed by atoms with Gasteiger partial charge in [0.25, 0.3) is 0 Å². The van der Waals surface area contributed by atoms with Crippen LogP contribution in [0.5, 0.6) is 0 Å². The Labute approximate surface area is 594 Å². The highest BCUT2D eigenvalue weighted by atomic mass is 31.2. The van der Waals surface area contributed by atoms with Crippen LogP contribution in [-0.4, -0.2) is 96.7 Å². The summed E-state index contributed by atoms with van der Waals surface area (Å²) in [7, 11) is -9.90. The number of carbonyl (C=O) groups is 4. The van der Waals surface area contributed by atoms with Crippen LogP contribution in [0.15, 0.2) is 0 Å². The number of unbranched alkanes of at least 4 members (excludes halogenated alkanes) is 53. The molecule has 0 fully saturated rings. The molecule has 0 rings (SSSR count). The average molecular weight is 1420 g/mol. The van der Waals surface area contributed by atoms with Crippen molar-refractivity contribution in [2.75, 3.05) is 39.6 Å². The van der Waals surface area contributed by atoms with Gasteiger partial charge in [-0.25, -0.2) is 9.13 Å². The van der Waals surface area contributed by atoms with E-state index in [9.17, 15) is 43.2 Å². The van der Waals surface area contributed by atoms with Crippen LogP contribution in [0.3, 0.4) is 0 Å². The second-order valence-corrected chi connectivity index (χ2v) is 31.0. The van der Waals surface area contributed by atoms with Crippen molar-refractivity contribution >= 4 is 39.5 Å². The summed E-state index contributed by atoms with van der Waals surface area (Å²) in [6.07, 6.45) is 64.3. The van der Waals surface area contributed by atoms with Gasteiger partial charge in [-0.05, 0) is 25.7 Å². The third-order valence-electron chi connectivity index (χ3n) is 18.4. The molecular weight excluding hydrogens is 1270 g/mol. The molecular formula is C78H152O17P2. The Kier molecular flexibility index (Phi) is 71.0. The Morgan fingerprint density at radius 3 is 0.608 bits per heavy atom. The van der Waals surface area contributed by atoms with E-state index in [1.807, 2.05) is 0 Å². The molecule has 0 spiro atoms. The van der Waals surface area contributed by atoms with E-state index in [-0.39, 0.29) is 25.7 Å². The molecule has 19 heteroatoms. The fourth-order valence-corrected chi connectivity index (χ4v) is 13.7. The van der Waals surface area contributed by atoms with E-state index in [2.05, 4.69) is 27.7 Å². The molecule has 3 N–H and O–H groups in total. The van der Waals surface area contributed by atoms with Crippen LogP contribution < -0.4 is 0 Å². The molecule has 0 saturated heterocycles. The molecule has 0 amide bonds. The second kappa shape index (κ2) is 72.4. The molecule has 0 aliphatic rings. The van der Waals surface area contributed by atoms with Crippen molar-refractivity contribution in [2.45, 2.75) is 438 Å². The third-order valence-corrected chi connectivity index (χ3v) is 20.3. The third kappa shape index (κ3) is 72.2. The molecule has 0 aliphatic heterocycles. The molecule has 0 aliphatic carbocycles. The van der Waals surface area contributed by atoms with Crippen LogP contribution in [-0.2, 0) is 65.4 Å². The van der Waals surface area contributed by atoms with Crippen molar-refractivity contribution in [3.05, 3.63) is 0 Å². The maximum Gasteiger partial charge on any atom is 0.472 e. The van der Waals surface area contributed by atoms with Crippen LogP contribution in [0.4, 0.5) is 0 Å². The van der Waals surface area contributed by atoms with Crippen LogP contribution in [0, 0.1) is 0 Å². The lowest BCUT2D eigenvalue weighted by Gasteiger charge is -2.21. The predicted molar refractivity (Wildman–Crippen MR) is 395 cm³/mol. The SMILES string of the molecule is CCCCCCCCCCCCCCCCCCCCCCC(=O)O[C@H](COC(=O)CCCCCCCCCCCCCCCCCCCCC)COP(=O)(O)OC[C@@H](O)COP(=O)(O)OC[C@@H](COC(=O)CCCCCCC)OC(=O)CCCCCCCCCCCCCCC. The Bertz CT molecular complexity index is 1840. The van der Waals surface area contributed by atoms with E-state index >= 15 is 0 Å². The normalized spacial score (nSPS) is 13.8. The molecule has 0 heterocycles. The molecule has 97 heavy (non-hydrogen) atoms. The number of phosphoric acid groups is 2. The maximum absolute atomic E-state index is 13.1. The first-order chi connectivity index (χ1) is 47.2. The molecule has 0 saturated carbocycles. The minimum Gasteiger partial charge on any atom is -0.462 e. The Hall–Kier alpha value is -1.94. The Morgan fingerprint density at radius 1 is 0.247 bits per heavy atom. The fourth-order valence-electron chi connectivity index (χ4n) is 12.1. The topological polar surface area (TPSA) is 237 Å². The minimum atomic E-state index is -4.96. The summed E-state index contributed by atoms with van der Waals surface area (Å²) in [5.74, 6) is -2.12. The maximum atomic E-state index is 13.1. The van der Waals surface area contributed by atoms with Gasteiger partial charge in [-0.2, -0.15) is 0 Å². The van der Waals surface area contributed by atoms with Crippen LogP contribution in [0.1, 0.15) is 419 Å². The summed E-state index contributed by atoms with van der Waals surface area (Å²) >= 11 is 0. The first-order valence-corrected chi connectivity index (χ1v) is 43.8. The number of hydrogen-bond acceptors (Lipinski definition) is 15. The van der Waals surface area contributed by atoms with Crippen LogP contribution in [0.2, 0.25) is 0 Å². The Balaban J connectivity index is 5.12. The van der Waals surface area contributed by atoms with Crippen molar-refractivity contribution in [2.24, 2.45) is 0 Å². The van der Waals surface area contributed by atoms with Crippen LogP contribution >= 0.6 is 15.6 Å². The largest absolute Gasteiger partial charge is 0.472 e. The van der Waals surface area contributed by atoms with Gasteiger partial charge >= 0.3 is 39.5 Å². The molecule has 0 aromatic heterocycles. The van der Waals surface area contributed by atoms with Gasteiger partial charge in [-0.15, -0.1) is 0 Å². The van der Waals surface area contributed by atoms with Crippen molar-refractivity contribution in [1.82, 2.24) is 0 Å². The van der Waals surface area contributed by atoms with E-state index in [1.54, 1.807) is 0 Å². The molecule has 0 aromatic rings. The summed E-state index contributed by atoms with van der Waals surface area (Å²) < 4.78 is 68.4. The van der Waals surface area contributed by atoms with E-state index in [0.29, 0.717) is 25.7 Å². The van der Waals surface area contributed by atoms with E-state index in [4.69, 9.17) is 37.0 Å². The van der Waals surface area contributed by atoms with Crippen molar-refractivity contribution in [1.29, 1.82) is 0 Å². The highest BCUT2D eigenvalue weighted by Crippen LogP contribution is 2.45. The zero-order valence-corrected chi connectivity index (χ0v) is 64.8. The van der Waals surface area contributed by atoms with E-state index in [0.717, 1.165) is 96.3 Å². The van der Waals surface area contributed by atoms with Crippen molar-refractivity contribution in [3.8, 4) is 0 Å². The molecule has 2 unspecified atom stereocenters. The van der Waals surface area contributed by atoms with Gasteiger partial charge in [0.1, 0.15) is 19.3 Å². The zero-order chi connectivity index (χ0) is 71.1. The summed E-state index contributed by atoms with van der Waals surface area (Å²) in [4.78, 5) is 72.6. The molecule has 0 aromatic carbocycles. The quantitative estimate of drug-likeness (QED) is 0.0222. The number of rotatable bonds is 79. The lowest BCUT2D eigenvalue weighted by Crippen LogP contribution is -2.30. The monoisotopic (exact) mass is 1420 g/mol. The number of phosphoric ester groups is 2. The average Bonchev–Trinajstić information content (AvgIpc) is 2.10. The van der Waals surface area contributed by atoms with Gasteiger partial charge in [0.05, 0.1) is 26.4 Å². The summed E-state index contributed by atoms with van der Waals surface area (Å²) in [6, 6.07) is 0. The predicted octanol–water partition coefficient (Wildman–Crippen LogP) is 23.4. The minimum absolute atomic E-state index is 0.107. The fraction of sp³-hybridized carbons (Fsp3) is 0.949.